The lowest BCUT2D eigenvalue weighted by molar-refractivity contribution is -0.0509. The average molecular weight is 127 g/mol. The van der Waals surface area contributed by atoms with E-state index in [2.05, 4.69) is 4.90 Å². The Morgan fingerprint density at radius 3 is 2.11 bits per heavy atom. The van der Waals surface area contributed by atoms with E-state index >= 15 is 0 Å². The summed E-state index contributed by atoms with van der Waals surface area (Å²) in [5.74, 6) is 0. The van der Waals surface area contributed by atoms with Gasteiger partial charge in [-0.15, -0.1) is 0 Å². The van der Waals surface area contributed by atoms with Gasteiger partial charge in [-0.25, -0.2) is 0 Å². The van der Waals surface area contributed by atoms with E-state index in [-0.39, 0.29) is 5.72 Å². The molecule has 52 valence electrons. The van der Waals surface area contributed by atoms with Crippen LogP contribution in [0.5, 0.6) is 0 Å². The van der Waals surface area contributed by atoms with Gasteiger partial charge in [-0.3, -0.25) is 4.90 Å². The third-order valence-electron chi connectivity index (χ3n) is 2.60. The highest BCUT2D eigenvalue weighted by Gasteiger charge is 2.41. The molecule has 2 aliphatic rings. The van der Waals surface area contributed by atoms with E-state index in [1.54, 1.807) is 0 Å². The molecular formula is C7H13NO. The summed E-state index contributed by atoms with van der Waals surface area (Å²) in [4.78, 5) is 2.22. The van der Waals surface area contributed by atoms with Crippen molar-refractivity contribution in [3.63, 3.8) is 0 Å². The second-order valence-corrected chi connectivity index (χ2v) is 3.18. The van der Waals surface area contributed by atoms with Gasteiger partial charge in [0.15, 0.2) is 0 Å². The van der Waals surface area contributed by atoms with Crippen LogP contribution in [0.3, 0.4) is 0 Å². The van der Waals surface area contributed by atoms with Crippen molar-refractivity contribution < 1.29 is 5.11 Å². The molecule has 0 aliphatic carbocycles. The summed E-state index contributed by atoms with van der Waals surface area (Å²) in [7, 11) is 0. The highest BCUT2D eigenvalue weighted by Crippen LogP contribution is 2.35. The predicted molar refractivity (Wildman–Crippen MR) is 35.0 cm³/mol. The van der Waals surface area contributed by atoms with E-state index in [0.717, 1.165) is 25.9 Å². The molecule has 2 fully saturated rings. The Hall–Kier alpha value is -0.0800. The third kappa shape index (κ3) is 0.700. The van der Waals surface area contributed by atoms with E-state index in [4.69, 9.17) is 0 Å². The topological polar surface area (TPSA) is 23.5 Å². The molecule has 2 rings (SSSR count). The molecule has 0 amide bonds. The Labute approximate surface area is 55.5 Å². The lowest BCUT2D eigenvalue weighted by atomic mass is 10.1. The minimum absolute atomic E-state index is 0.361. The van der Waals surface area contributed by atoms with Gasteiger partial charge in [0.25, 0.3) is 0 Å². The number of hydrogen-bond donors (Lipinski definition) is 1. The minimum Gasteiger partial charge on any atom is -0.376 e. The second kappa shape index (κ2) is 1.70. The van der Waals surface area contributed by atoms with Crippen LogP contribution in [0.4, 0.5) is 0 Å². The zero-order valence-electron chi connectivity index (χ0n) is 5.64. The van der Waals surface area contributed by atoms with Crippen molar-refractivity contribution in [2.75, 3.05) is 13.1 Å². The maximum Gasteiger partial charge on any atom is 0.118 e. The van der Waals surface area contributed by atoms with E-state index in [1.807, 2.05) is 0 Å². The first-order valence-electron chi connectivity index (χ1n) is 3.79. The van der Waals surface area contributed by atoms with Crippen LogP contribution < -0.4 is 0 Å². The molecule has 2 heteroatoms. The highest BCUT2D eigenvalue weighted by molar-refractivity contribution is 4.90. The SMILES string of the molecule is OC12CCCN1CCC2. The Morgan fingerprint density at radius 1 is 1.11 bits per heavy atom. The normalized spacial score (nSPS) is 33.0. The molecule has 0 saturated carbocycles. The largest absolute Gasteiger partial charge is 0.376 e. The van der Waals surface area contributed by atoms with Gasteiger partial charge >= 0.3 is 0 Å². The Morgan fingerprint density at radius 2 is 1.67 bits per heavy atom. The second-order valence-electron chi connectivity index (χ2n) is 3.18. The summed E-state index contributed by atoms with van der Waals surface area (Å²) in [6, 6.07) is 0. The molecule has 2 heterocycles. The Balaban J connectivity index is 2.17. The first-order chi connectivity index (χ1) is 4.31. The zero-order valence-corrected chi connectivity index (χ0v) is 5.64. The van der Waals surface area contributed by atoms with Gasteiger partial charge in [0.1, 0.15) is 5.72 Å². The summed E-state index contributed by atoms with van der Waals surface area (Å²) in [5.41, 5.74) is -0.361. The molecule has 0 aromatic rings. The smallest absolute Gasteiger partial charge is 0.118 e. The van der Waals surface area contributed by atoms with E-state index in [0.29, 0.717) is 0 Å². The molecular weight excluding hydrogens is 114 g/mol. The maximum atomic E-state index is 9.76. The molecule has 0 atom stereocenters. The molecule has 0 radical (unpaired) electrons. The van der Waals surface area contributed by atoms with Gasteiger partial charge in [0, 0.05) is 13.1 Å². The lowest BCUT2D eigenvalue weighted by Gasteiger charge is -2.24. The lowest BCUT2D eigenvalue weighted by Crippen LogP contribution is -2.37. The van der Waals surface area contributed by atoms with Gasteiger partial charge in [-0.2, -0.15) is 0 Å². The van der Waals surface area contributed by atoms with Gasteiger partial charge in [-0.1, -0.05) is 0 Å². The fraction of sp³-hybridized carbons (Fsp3) is 1.00. The van der Waals surface area contributed by atoms with Crippen molar-refractivity contribution in [3.8, 4) is 0 Å². The van der Waals surface area contributed by atoms with Crippen LogP contribution >= 0.6 is 0 Å². The molecule has 0 aromatic carbocycles. The van der Waals surface area contributed by atoms with Crippen molar-refractivity contribution in [1.82, 2.24) is 4.90 Å². The predicted octanol–water partition coefficient (Wildman–Crippen LogP) is 0.565. The van der Waals surface area contributed by atoms with Crippen LogP contribution in [-0.4, -0.2) is 28.8 Å². The van der Waals surface area contributed by atoms with Crippen molar-refractivity contribution in [1.29, 1.82) is 0 Å². The van der Waals surface area contributed by atoms with E-state index in [9.17, 15) is 5.11 Å². The molecule has 0 unspecified atom stereocenters. The Bertz CT molecular complexity index is 114. The fourth-order valence-corrected chi connectivity index (χ4v) is 2.08. The summed E-state index contributed by atoms with van der Waals surface area (Å²) in [5, 5.41) is 9.76. The van der Waals surface area contributed by atoms with Crippen molar-refractivity contribution >= 4 is 0 Å². The molecule has 0 aromatic heterocycles. The molecule has 0 spiro atoms. The van der Waals surface area contributed by atoms with Crippen LogP contribution in [0.15, 0.2) is 0 Å². The monoisotopic (exact) mass is 127 g/mol. The summed E-state index contributed by atoms with van der Waals surface area (Å²) in [6.45, 7) is 2.24. The van der Waals surface area contributed by atoms with Crippen molar-refractivity contribution in [2.24, 2.45) is 0 Å². The number of aliphatic hydroxyl groups is 1. The summed E-state index contributed by atoms with van der Waals surface area (Å²) in [6.07, 6.45) is 4.40. The van der Waals surface area contributed by atoms with E-state index in [1.165, 1.54) is 12.8 Å². The first-order valence-corrected chi connectivity index (χ1v) is 3.79. The molecule has 2 nitrogen and oxygen atoms in total. The summed E-state index contributed by atoms with van der Waals surface area (Å²) < 4.78 is 0. The highest BCUT2D eigenvalue weighted by atomic mass is 16.3. The van der Waals surface area contributed by atoms with Crippen LogP contribution in [-0.2, 0) is 0 Å². The van der Waals surface area contributed by atoms with Crippen LogP contribution in [0.2, 0.25) is 0 Å². The number of hydrogen-bond acceptors (Lipinski definition) is 2. The summed E-state index contributed by atoms with van der Waals surface area (Å²) >= 11 is 0. The molecule has 0 bridgehead atoms. The van der Waals surface area contributed by atoms with Gasteiger partial charge in [-0.05, 0) is 25.7 Å². The van der Waals surface area contributed by atoms with Gasteiger partial charge in [0.2, 0.25) is 0 Å². The van der Waals surface area contributed by atoms with Crippen LogP contribution in [0.25, 0.3) is 0 Å². The average Bonchev–Trinajstić information content (AvgIpc) is 2.22. The number of fused-ring (bicyclic) bond motifs is 1. The molecule has 1 N–H and O–H groups in total. The molecule has 2 saturated heterocycles. The molecule has 9 heavy (non-hydrogen) atoms. The van der Waals surface area contributed by atoms with Crippen molar-refractivity contribution in [2.45, 2.75) is 31.4 Å². The van der Waals surface area contributed by atoms with Gasteiger partial charge in [0.05, 0.1) is 0 Å². The van der Waals surface area contributed by atoms with Crippen LogP contribution in [0.1, 0.15) is 25.7 Å². The first kappa shape index (κ1) is 5.69. The Kier molecular flexibility index (Phi) is 1.08. The van der Waals surface area contributed by atoms with Crippen LogP contribution in [0, 0.1) is 0 Å². The van der Waals surface area contributed by atoms with Crippen molar-refractivity contribution in [3.05, 3.63) is 0 Å². The number of nitrogens with zero attached hydrogens (tertiary/aromatic N) is 1. The zero-order chi connectivity index (χ0) is 6.32. The standard InChI is InChI=1S/C7H13NO/c9-7-3-1-5-8(7)6-2-4-7/h9H,1-6H2. The minimum atomic E-state index is -0.361. The number of rotatable bonds is 0. The van der Waals surface area contributed by atoms with E-state index < -0.39 is 0 Å². The van der Waals surface area contributed by atoms with Gasteiger partial charge < -0.3 is 5.11 Å². The fourth-order valence-electron chi connectivity index (χ4n) is 2.08. The quantitative estimate of drug-likeness (QED) is 0.514. The maximum absolute atomic E-state index is 9.76. The third-order valence-corrected chi connectivity index (χ3v) is 2.60. The molecule has 2 aliphatic heterocycles.